The maximum Gasteiger partial charge on any atom is 0.337 e. The molecule has 0 bridgehead atoms. The molecule has 0 amide bonds. The van der Waals surface area contributed by atoms with Crippen LogP contribution in [-0.4, -0.2) is 11.1 Å². The van der Waals surface area contributed by atoms with E-state index >= 15 is 0 Å². The molecule has 5 heteroatoms. The smallest absolute Gasteiger partial charge is 0.337 e. The number of carboxylic acid groups (broad SMARTS) is 1. The van der Waals surface area contributed by atoms with Crippen molar-refractivity contribution >= 4 is 43.5 Å². The number of rotatable bonds is 4. The molecule has 98 valence electrons. The first-order valence-corrected chi connectivity index (χ1v) is 7.16. The van der Waals surface area contributed by atoms with Crippen molar-refractivity contribution in [2.24, 2.45) is 0 Å². The summed E-state index contributed by atoms with van der Waals surface area (Å²) in [5.74, 6) is -0.942. The Labute approximate surface area is 127 Å². The van der Waals surface area contributed by atoms with Gasteiger partial charge in [0.25, 0.3) is 0 Å². The lowest BCUT2D eigenvalue weighted by Gasteiger charge is -2.11. The summed E-state index contributed by atoms with van der Waals surface area (Å²) >= 11 is 6.81. The number of carboxylic acids is 1. The van der Waals surface area contributed by atoms with Gasteiger partial charge in [0.05, 0.1) is 11.3 Å². The lowest BCUT2D eigenvalue weighted by molar-refractivity contribution is 0.0698. The third kappa shape index (κ3) is 3.58. The van der Waals surface area contributed by atoms with Crippen molar-refractivity contribution < 1.29 is 9.90 Å². The first-order valence-electron chi connectivity index (χ1n) is 5.58. The van der Waals surface area contributed by atoms with Crippen molar-refractivity contribution in [3.05, 3.63) is 62.5 Å². The SMILES string of the molecule is O=C(O)c1ccc(Br)cc1NCc1ccccc1Br. The molecular weight excluding hydrogens is 374 g/mol. The van der Waals surface area contributed by atoms with Gasteiger partial charge in [-0.15, -0.1) is 0 Å². The lowest BCUT2D eigenvalue weighted by atomic mass is 10.1. The van der Waals surface area contributed by atoms with Gasteiger partial charge in [0.1, 0.15) is 0 Å². The van der Waals surface area contributed by atoms with Crippen molar-refractivity contribution in [2.45, 2.75) is 6.54 Å². The minimum Gasteiger partial charge on any atom is -0.478 e. The van der Waals surface area contributed by atoms with E-state index in [1.807, 2.05) is 24.3 Å². The highest BCUT2D eigenvalue weighted by Crippen LogP contribution is 2.23. The van der Waals surface area contributed by atoms with Crippen LogP contribution in [0.4, 0.5) is 5.69 Å². The minimum absolute atomic E-state index is 0.259. The molecule has 0 unspecified atom stereocenters. The zero-order valence-electron chi connectivity index (χ0n) is 9.86. The van der Waals surface area contributed by atoms with Crippen LogP contribution in [0, 0.1) is 0 Å². The van der Waals surface area contributed by atoms with Gasteiger partial charge in [-0.25, -0.2) is 4.79 Å². The summed E-state index contributed by atoms with van der Waals surface area (Å²) in [5.41, 5.74) is 1.92. The highest BCUT2D eigenvalue weighted by molar-refractivity contribution is 9.10. The van der Waals surface area contributed by atoms with Crippen LogP contribution in [0.2, 0.25) is 0 Å². The van der Waals surface area contributed by atoms with Gasteiger partial charge in [-0.05, 0) is 29.8 Å². The molecule has 0 aromatic heterocycles. The molecule has 0 heterocycles. The Hall–Kier alpha value is -1.33. The second-order valence-corrected chi connectivity index (χ2v) is 5.71. The Morgan fingerprint density at radius 3 is 2.58 bits per heavy atom. The summed E-state index contributed by atoms with van der Waals surface area (Å²) in [7, 11) is 0. The molecule has 0 aliphatic heterocycles. The number of hydrogen-bond donors (Lipinski definition) is 2. The van der Waals surface area contributed by atoms with Crippen molar-refractivity contribution in [1.82, 2.24) is 0 Å². The van der Waals surface area contributed by atoms with Crippen LogP contribution in [0.3, 0.4) is 0 Å². The predicted molar refractivity (Wildman–Crippen MR) is 82.6 cm³/mol. The predicted octanol–water partition coefficient (Wildman–Crippen LogP) is 4.52. The summed E-state index contributed by atoms with van der Waals surface area (Å²) in [6.07, 6.45) is 0. The third-order valence-corrected chi connectivity index (χ3v) is 3.91. The van der Waals surface area contributed by atoms with Crippen LogP contribution in [-0.2, 0) is 6.54 Å². The fourth-order valence-corrected chi connectivity index (χ4v) is 2.47. The number of carbonyl (C=O) groups is 1. The molecule has 0 radical (unpaired) electrons. The van der Waals surface area contributed by atoms with E-state index in [1.165, 1.54) is 0 Å². The van der Waals surface area contributed by atoms with E-state index in [2.05, 4.69) is 37.2 Å². The molecule has 0 aliphatic carbocycles. The molecule has 2 aromatic carbocycles. The number of hydrogen-bond acceptors (Lipinski definition) is 2. The van der Waals surface area contributed by atoms with E-state index in [1.54, 1.807) is 18.2 Å². The van der Waals surface area contributed by atoms with E-state index in [-0.39, 0.29) is 5.56 Å². The highest BCUT2D eigenvalue weighted by Gasteiger charge is 2.10. The largest absolute Gasteiger partial charge is 0.478 e. The van der Waals surface area contributed by atoms with Crippen LogP contribution < -0.4 is 5.32 Å². The van der Waals surface area contributed by atoms with E-state index < -0.39 is 5.97 Å². The first kappa shape index (κ1) is 14.1. The van der Waals surface area contributed by atoms with E-state index in [0.717, 1.165) is 14.5 Å². The van der Waals surface area contributed by atoms with Crippen LogP contribution in [0.5, 0.6) is 0 Å². The molecule has 0 saturated carbocycles. The van der Waals surface area contributed by atoms with Crippen LogP contribution >= 0.6 is 31.9 Å². The number of anilines is 1. The number of halogens is 2. The second-order valence-electron chi connectivity index (χ2n) is 3.94. The van der Waals surface area contributed by atoms with Crippen molar-refractivity contribution in [2.75, 3.05) is 5.32 Å². The Kier molecular flexibility index (Phi) is 4.61. The first-order chi connectivity index (χ1) is 9.08. The maximum atomic E-state index is 11.1. The molecule has 0 atom stereocenters. The van der Waals surface area contributed by atoms with E-state index in [4.69, 9.17) is 5.11 Å². The van der Waals surface area contributed by atoms with Crippen LogP contribution in [0.1, 0.15) is 15.9 Å². The van der Waals surface area contributed by atoms with Gasteiger partial charge in [-0.3, -0.25) is 0 Å². The average molecular weight is 385 g/mol. The number of benzene rings is 2. The number of nitrogens with one attached hydrogen (secondary N) is 1. The fourth-order valence-electron chi connectivity index (χ4n) is 1.68. The van der Waals surface area contributed by atoms with E-state index in [0.29, 0.717) is 12.2 Å². The van der Waals surface area contributed by atoms with Gasteiger partial charge in [0.15, 0.2) is 0 Å². The van der Waals surface area contributed by atoms with Crippen LogP contribution in [0.15, 0.2) is 51.4 Å². The van der Waals surface area contributed by atoms with Crippen molar-refractivity contribution in [3.8, 4) is 0 Å². The maximum absolute atomic E-state index is 11.1. The Bertz CT molecular complexity index is 614. The minimum atomic E-state index is -0.942. The summed E-state index contributed by atoms with van der Waals surface area (Å²) in [6, 6.07) is 12.9. The second kappa shape index (κ2) is 6.21. The zero-order valence-corrected chi connectivity index (χ0v) is 13.0. The standard InChI is InChI=1S/C14H11Br2NO2/c15-10-5-6-11(14(18)19)13(7-10)17-8-9-3-1-2-4-12(9)16/h1-7,17H,8H2,(H,18,19). The summed E-state index contributed by atoms with van der Waals surface area (Å²) in [5, 5.41) is 12.3. The van der Waals surface area contributed by atoms with Gasteiger partial charge >= 0.3 is 5.97 Å². The topological polar surface area (TPSA) is 49.3 Å². The van der Waals surface area contributed by atoms with Gasteiger partial charge < -0.3 is 10.4 Å². The van der Waals surface area contributed by atoms with Gasteiger partial charge in [0.2, 0.25) is 0 Å². The lowest BCUT2D eigenvalue weighted by Crippen LogP contribution is -2.06. The fraction of sp³-hybridized carbons (Fsp3) is 0.0714. The Morgan fingerprint density at radius 1 is 1.16 bits per heavy atom. The Morgan fingerprint density at radius 2 is 1.89 bits per heavy atom. The highest BCUT2D eigenvalue weighted by atomic mass is 79.9. The summed E-state index contributed by atoms with van der Waals surface area (Å²) in [6.45, 7) is 0.554. The third-order valence-electron chi connectivity index (χ3n) is 2.64. The van der Waals surface area contributed by atoms with Gasteiger partial charge in [-0.1, -0.05) is 50.1 Å². The van der Waals surface area contributed by atoms with Gasteiger partial charge in [0, 0.05) is 15.5 Å². The summed E-state index contributed by atoms with van der Waals surface area (Å²) in [4.78, 5) is 11.1. The molecule has 2 N–H and O–H groups in total. The molecule has 0 spiro atoms. The molecule has 0 aliphatic rings. The van der Waals surface area contributed by atoms with E-state index in [9.17, 15) is 4.79 Å². The summed E-state index contributed by atoms with van der Waals surface area (Å²) < 4.78 is 1.83. The average Bonchev–Trinajstić information content (AvgIpc) is 2.37. The zero-order chi connectivity index (χ0) is 13.8. The molecule has 2 aromatic rings. The normalized spacial score (nSPS) is 10.2. The molecule has 2 rings (SSSR count). The Balaban J connectivity index is 2.22. The monoisotopic (exact) mass is 383 g/mol. The molecular formula is C14H11Br2NO2. The molecule has 3 nitrogen and oxygen atoms in total. The van der Waals surface area contributed by atoms with Crippen molar-refractivity contribution in [3.63, 3.8) is 0 Å². The van der Waals surface area contributed by atoms with Gasteiger partial charge in [-0.2, -0.15) is 0 Å². The molecule has 19 heavy (non-hydrogen) atoms. The molecule has 0 saturated heterocycles. The quantitative estimate of drug-likeness (QED) is 0.814. The molecule has 0 fully saturated rings. The van der Waals surface area contributed by atoms with Crippen molar-refractivity contribution in [1.29, 1.82) is 0 Å². The van der Waals surface area contributed by atoms with Crippen LogP contribution in [0.25, 0.3) is 0 Å². The number of aromatic carboxylic acids is 1.